The molecule has 3 nitrogen and oxygen atoms in total. The highest BCUT2D eigenvalue weighted by Crippen LogP contribution is 2.37. The molecule has 0 spiro atoms. The predicted octanol–water partition coefficient (Wildman–Crippen LogP) is 2.62. The second-order valence-corrected chi connectivity index (χ2v) is 6.26. The number of rotatable bonds is 2. The molecule has 0 amide bonds. The Bertz CT molecular complexity index is 396. The van der Waals surface area contributed by atoms with Crippen molar-refractivity contribution in [2.75, 3.05) is 0 Å². The van der Waals surface area contributed by atoms with Crippen LogP contribution in [0.25, 0.3) is 0 Å². The molecule has 3 unspecified atom stereocenters. The van der Waals surface area contributed by atoms with Crippen molar-refractivity contribution in [3.8, 4) is 0 Å². The molecule has 1 saturated carbocycles. The molecule has 3 atom stereocenters. The average Bonchev–Trinajstić information content (AvgIpc) is 2.58. The fourth-order valence-electron chi connectivity index (χ4n) is 2.25. The van der Waals surface area contributed by atoms with E-state index in [-0.39, 0.29) is 0 Å². The molecular formula is C13H21N3S. The molecule has 0 bridgehead atoms. The summed E-state index contributed by atoms with van der Waals surface area (Å²) in [6, 6.07) is 0.347. The van der Waals surface area contributed by atoms with Crippen molar-refractivity contribution in [3.05, 3.63) is 17.0 Å². The van der Waals surface area contributed by atoms with Crippen LogP contribution in [0.1, 0.15) is 36.7 Å². The zero-order valence-corrected chi connectivity index (χ0v) is 11.8. The van der Waals surface area contributed by atoms with Gasteiger partial charge in [-0.25, -0.2) is 9.97 Å². The molecule has 94 valence electrons. The zero-order valence-electron chi connectivity index (χ0n) is 11.0. The fraction of sp³-hybridized carbons (Fsp3) is 0.692. The molecule has 2 rings (SSSR count). The maximum Gasteiger partial charge on any atom is 0.188 e. The third-order valence-electron chi connectivity index (χ3n) is 3.92. The Labute approximate surface area is 108 Å². The largest absolute Gasteiger partial charge is 0.327 e. The van der Waals surface area contributed by atoms with E-state index in [1.165, 1.54) is 12.0 Å². The van der Waals surface area contributed by atoms with E-state index in [9.17, 15) is 0 Å². The average molecular weight is 251 g/mol. The zero-order chi connectivity index (χ0) is 12.6. The van der Waals surface area contributed by atoms with Crippen molar-refractivity contribution in [3.63, 3.8) is 0 Å². The SMILES string of the molecule is Cc1nc(SC2CCC(N)C2C)nc(C)c1C. The number of hydrogen-bond acceptors (Lipinski definition) is 4. The van der Waals surface area contributed by atoms with Crippen LogP contribution < -0.4 is 5.73 Å². The summed E-state index contributed by atoms with van der Waals surface area (Å²) in [6.07, 6.45) is 2.31. The minimum absolute atomic E-state index is 0.347. The van der Waals surface area contributed by atoms with Gasteiger partial charge in [-0.15, -0.1) is 0 Å². The van der Waals surface area contributed by atoms with Crippen LogP contribution in [0.2, 0.25) is 0 Å². The van der Waals surface area contributed by atoms with E-state index in [1.807, 2.05) is 0 Å². The van der Waals surface area contributed by atoms with Crippen LogP contribution in [0.15, 0.2) is 5.16 Å². The first-order chi connectivity index (χ1) is 7.99. The van der Waals surface area contributed by atoms with E-state index in [1.54, 1.807) is 11.8 Å². The molecule has 1 aliphatic rings. The second kappa shape index (κ2) is 4.94. The minimum atomic E-state index is 0.347. The number of nitrogens with two attached hydrogens (primary N) is 1. The Morgan fingerprint density at radius 3 is 2.18 bits per heavy atom. The summed E-state index contributed by atoms with van der Waals surface area (Å²) in [7, 11) is 0. The predicted molar refractivity (Wildman–Crippen MR) is 72.3 cm³/mol. The first-order valence-electron chi connectivity index (χ1n) is 6.23. The Balaban J connectivity index is 2.14. The highest BCUT2D eigenvalue weighted by molar-refractivity contribution is 7.99. The smallest absolute Gasteiger partial charge is 0.188 e. The Kier molecular flexibility index (Phi) is 3.73. The van der Waals surface area contributed by atoms with Crippen molar-refractivity contribution < 1.29 is 0 Å². The van der Waals surface area contributed by atoms with Crippen LogP contribution in [0.4, 0.5) is 0 Å². The van der Waals surface area contributed by atoms with Crippen LogP contribution in [-0.2, 0) is 0 Å². The number of thioether (sulfide) groups is 1. The van der Waals surface area contributed by atoms with Crippen LogP contribution in [0.3, 0.4) is 0 Å². The van der Waals surface area contributed by atoms with Crippen LogP contribution >= 0.6 is 11.8 Å². The van der Waals surface area contributed by atoms with Gasteiger partial charge in [0.15, 0.2) is 5.16 Å². The van der Waals surface area contributed by atoms with Gasteiger partial charge in [-0.3, -0.25) is 0 Å². The summed E-state index contributed by atoms with van der Waals surface area (Å²) >= 11 is 1.80. The summed E-state index contributed by atoms with van der Waals surface area (Å²) in [6.45, 7) is 8.42. The summed E-state index contributed by atoms with van der Waals surface area (Å²) in [5.41, 5.74) is 9.44. The highest BCUT2D eigenvalue weighted by Gasteiger charge is 2.31. The van der Waals surface area contributed by atoms with E-state index in [2.05, 4.69) is 37.7 Å². The third-order valence-corrected chi connectivity index (χ3v) is 5.28. The topological polar surface area (TPSA) is 51.8 Å². The van der Waals surface area contributed by atoms with Gasteiger partial charge < -0.3 is 5.73 Å². The Morgan fingerprint density at radius 1 is 1.12 bits per heavy atom. The monoisotopic (exact) mass is 251 g/mol. The lowest BCUT2D eigenvalue weighted by Crippen LogP contribution is -2.26. The van der Waals surface area contributed by atoms with Gasteiger partial charge in [0.1, 0.15) is 0 Å². The lowest BCUT2D eigenvalue weighted by atomic mass is 10.1. The molecular weight excluding hydrogens is 230 g/mol. The molecule has 2 N–H and O–H groups in total. The molecule has 1 heterocycles. The molecule has 17 heavy (non-hydrogen) atoms. The number of aromatic nitrogens is 2. The van der Waals surface area contributed by atoms with Gasteiger partial charge in [0.2, 0.25) is 0 Å². The third kappa shape index (κ3) is 2.63. The van der Waals surface area contributed by atoms with E-state index < -0.39 is 0 Å². The van der Waals surface area contributed by atoms with Gasteiger partial charge in [-0.2, -0.15) is 0 Å². The lowest BCUT2D eigenvalue weighted by Gasteiger charge is -2.17. The lowest BCUT2D eigenvalue weighted by molar-refractivity contribution is 0.534. The normalized spacial score (nSPS) is 28.6. The van der Waals surface area contributed by atoms with Gasteiger partial charge in [-0.1, -0.05) is 18.7 Å². The number of nitrogens with zero attached hydrogens (tertiary/aromatic N) is 2. The van der Waals surface area contributed by atoms with Gasteiger partial charge in [0.25, 0.3) is 0 Å². The van der Waals surface area contributed by atoms with Gasteiger partial charge >= 0.3 is 0 Å². The van der Waals surface area contributed by atoms with Gasteiger partial charge in [0.05, 0.1) is 0 Å². The van der Waals surface area contributed by atoms with Crippen molar-refractivity contribution in [1.29, 1.82) is 0 Å². The van der Waals surface area contributed by atoms with Crippen molar-refractivity contribution in [2.24, 2.45) is 11.7 Å². The highest BCUT2D eigenvalue weighted by atomic mass is 32.2. The standard InChI is InChI=1S/C13H21N3S/c1-7-9(3)15-13(16-10(7)4)17-12-6-5-11(14)8(12)2/h8,11-12H,5-6,14H2,1-4H3. The first-order valence-corrected chi connectivity index (χ1v) is 7.11. The van der Waals surface area contributed by atoms with E-state index >= 15 is 0 Å². The molecule has 1 aliphatic carbocycles. The molecule has 0 radical (unpaired) electrons. The fourth-order valence-corrected chi connectivity index (χ4v) is 3.57. The maximum absolute atomic E-state index is 6.05. The van der Waals surface area contributed by atoms with Crippen molar-refractivity contribution in [1.82, 2.24) is 9.97 Å². The molecule has 1 aromatic heterocycles. The van der Waals surface area contributed by atoms with E-state index in [4.69, 9.17) is 5.73 Å². The summed E-state index contributed by atoms with van der Waals surface area (Å²) in [5, 5.41) is 1.49. The van der Waals surface area contributed by atoms with E-state index in [0.29, 0.717) is 17.2 Å². The molecule has 0 aliphatic heterocycles. The quantitative estimate of drug-likeness (QED) is 0.821. The summed E-state index contributed by atoms with van der Waals surface area (Å²) < 4.78 is 0. The molecule has 0 aromatic carbocycles. The van der Waals surface area contributed by atoms with Gasteiger partial charge in [-0.05, 0) is 45.1 Å². The van der Waals surface area contributed by atoms with Crippen LogP contribution in [0.5, 0.6) is 0 Å². The Morgan fingerprint density at radius 2 is 1.71 bits per heavy atom. The Hall–Kier alpha value is -0.610. The summed E-state index contributed by atoms with van der Waals surface area (Å²) in [5.74, 6) is 0.561. The second-order valence-electron chi connectivity index (χ2n) is 5.06. The van der Waals surface area contributed by atoms with Crippen LogP contribution in [0, 0.1) is 26.7 Å². The van der Waals surface area contributed by atoms with E-state index in [0.717, 1.165) is 23.0 Å². The number of hydrogen-bond donors (Lipinski definition) is 1. The molecule has 4 heteroatoms. The molecule has 1 aromatic rings. The van der Waals surface area contributed by atoms with Crippen LogP contribution in [-0.4, -0.2) is 21.3 Å². The van der Waals surface area contributed by atoms with Gasteiger partial charge in [0, 0.05) is 22.7 Å². The van der Waals surface area contributed by atoms with Crippen molar-refractivity contribution >= 4 is 11.8 Å². The maximum atomic E-state index is 6.05. The first kappa shape index (κ1) is 12.8. The molecule has 1 fully saturated rings. The number of aryl methyl sites for hydroxylation is 2. The minimum Gasteiger partial charge on any atom is -0.327 e. The van der Waals surface area contributed by atoms with Crippen molar-refractivity contribution in [2.45, 2.75) is 57.0 Å². The molecule has 0 saturated heterocycles. The summed E-state index contributed by atoms with van der Waals surface area (Å²) in [4.78, 5) is 9.14.